The number of hydrogen-bond acceptors (Lipinski definition) is 3. The maximum Gasteiger partial charge on any atom is 0.259 e. The van der Waals surface area contributed by atoms with E-state index < -0.39 is 0 Å². The predicted octanol–water partition coefficient (Wildman–Crippen LogP) is 4.38. The standard InChI is InChI=1S/C22H26N4O/c1-14(2)18-13-17(20-15(3)24-25(4)21(20)23-18)22(27)26-12-8-7-10-16-9-5-6-11-19(16)26/h5-6,9,11,13-14H,7-8,10,12H2,1-4H3. The minimum Gasteiger partial charge on any atom is -0.308 e. The van der Waals surface area contributed by atoms with E-state index in [9.17, 15) is 4.79 Å². The Morgan fingerprint density at radius 2 is 1.96 bits per heavy atom. The molecule has 5 heteroatoms. The van der Waals surface area contributed by atoms with Gasteiger partial charge in [-0.3, -0.25) is 9.48 Å². The second kappa shape index (κ2) is 6.80. The molecule has 5 nitrogen and oxygen atoms in total. The number of carbonyl (C=O) groups excluding carboxylic acids is 1. The highest BCUT2D eigenvalue weighted by molar-refractivity contribution is 6.14. The van der Waals surface area contributed by atoms with Crippen molar-refractivity contribution >= 4 is 22.6 Å². The number of hydrogen-bond donors (Lipinski definition) is 0. The molecule has 0 aliphatic carbocycles. The van der Waals surface area contributed by atoms with Crippen molar-refractivity contribution in [1.29, 1.82) is 0 Å². The summed E-state index contributed by atoms with van der Waals surface area (Å²) in [6.45, 7) is 6.90. The number of benzene rings is 1. The molecular weight excluding hydrogens is 336 g/mol. The van der Waals surface area contributed by atoms with Gasteiger partial charge in [0.05, 0.1) is 16.6 Å². The maximum absolute atomic E-state index is 13.7. The molecule has 1 aromatic carbocycles. The summed E-state index contributed by atoms with van der Waals surface area (Å²) in [7, 11) is 1.89. The minimum absolute atomic E-state index is 0.0507. The fourth-order valence-electron chi connectivity index (χ4n) is 3.98. The SMILES string of the molecule is Cc1nn(C)c2nc(C(C)C)cc(C(=O)N3CCCCc4ccccc43)c12. The van der Waals surface area contributed by atoms with Gasteiger partial charge in [0.25, 0.3) is 5.91 Å². The molecule has 0 fully saturated rings. The van der Waals surface area contributed by atoms with E-state index in [0.717, 1.165) is 53.9 Å². The van der Waals surface area contributed by atoms with Crippen molar-refractivity contribution in [2.45, 2.75) is 46.0 Å². The third kappa shape index (κ3) is 3.01. The summed E-state index contributed by atoms with van der Waals surface area (Å²) in [5.74, 6) is 0.294. The molecule has 1 amide bonds. The highest BCUT2D eigenvalue weighted by atomic mass is 16.2. The van der Waals surface area contributed by atoms with Crippen molar-refractivity contribution in [2.75, 3.05) is 11.4 Å². The number of anilines is 1. The average molecular weight is 362 g/mol. The first-order valence-corrected chi connectivity index (χ1v) is 9.71. The zero-order chi connectivity index (χ0) is 19.1. The van der Waals surface area contributed by atoms with Crippen LogP contribution in [0.2, 0.25) is 0 Å². The Morgan fingerprint density at radius 3 is 2.74 bits per heavy atom. The molecule has 3 aromatic rings. The molecule has 0 saturated carbocycles. The first kappa shape index (κ1) is 17.7. The van der Waals surface area contributed by atoms with Crippen LogP contribution in [0, 0.1) is 6.92 Å². The van der Waals surface area contributed by atoms with E-state index in [-0.39, 0.29) is 11.8 Å². The number of aromatic nitrogens is 3. The van der Waals surface area contributed by atoms with Crippen LogP contribution in [0.3, 0.4) is 0 Å². The van der Waals surface area contributed by atoms with E-state index in [2.05, 4.69) is 37.1 Å². The Hall–Kier alpha value is -2.69. The van der Waals surface area contributed by atoms with E-state index in [1.54, 1.807) is 4.68 Å². The van der Waals surface area contributed by atoms with Crippen molar-refractivity contribution in [1.82, 2.24) is 14.8 Å². The normalized spacial score (nSPS) is 14.5. The van der Waals surface area contributed by atoms with Crippen LogP contribution in [-0.2, 0) is 13.5 Å². The summed E-state index contributed by atoms with van der Waals surface area (Å²) in [5.41, 5.74) is 5.56. The highest BCUT2D eigenvalue weighted by Crippen LogP contribution is 2.31. The van der Waals surface area contributed by atoms with Gasteiger partial charge in [0.1, 0.15) is 0 Å². The first-order valence-electron chi connectivity index (χ1n) is 9.71. The van der Waals surface area contributed by atoms with Crippen LogP contribution in [0.5, 0.6) is 0 Å². The first-order chi connectivity index (χ1) is 13.0. The lowest BCUT2D eigenvalue weighted by Crippen LogP contribution is -2.32. The van der Waals surface area contributed by atoms with Crippen LogP contribution in [0.4, 0.5) is 5.69 Å². The Morgan fingerprint density at radius 1 is 1.19 bits per heavy atom. The van der Waals surface area contributed by atoms with Crippen LogP contribution < -0.4 is 4.90 Å². The van der Waals surface area contributed by atoms with Crippen LogP contribution in [0.15, 0.2) is 30.3 Å². The van der Waals surface area contributed by atoms with Crippen LogP contribution in [0.25, 0.3) is 11.0 Å². The lowest BCUT2D eigenvalue weighted by Gasteiger charge is -2.24. The average Bonchev–Trinajstić information content (AvgIpc) is 2.83. The van der Waals surface area contributed by atoms with Gasteiger partial charge >= 0.3 is 0 Å². The third-order valence-corrected chi connectivity index (χ3v) is 5.42. The summed E-state index contributed by atoms with van der Waals surface area (Å²) in [4.78, 5) is 20.5. The third-order valence-electron chi connectivity index (χ3n) is 5.42. The van der Waals surface area contributed by atoms with Crippen molar-refractivity contribution < 1.29 is 4.79 Å². The predicted molar refractivity (Wildman–Crippen MR) is 108 cm³/mol. The van der Waals surface area contributed by atoms with Crippen molar-refractivity contribution in [3.05, 3.63) is 52.8 Å². The lowest BCUT2D eigenvalue weighted by atomic mass is 10.0. The number of nitrogens with zero attached hydrogens (tertiary/aromatic N) is 4. The van der Waals surface area contributed by atoms with E-state index in [1.165, 1.54) is 5.56 Å². The van der Waals surface area contributed by atoms with Crippen molar-refractivity contribution in [3.8, 4) is 0 Å². The van der Waals surface area contributed by atoms with Crippen molar-refractivity contribution in [2.24, 2.45) is 7.05 Å². The largest absolute Gasteiger partial charge is 0.308 e. The number of aryl methyl sites for hydroxylation is 3. The molecule has 4 rings (SSSR count). The smallest absolute Gasteiger partial charge is 0.259 e. The summed E-state index contributed by atoms with van der Waals surface area (Å²) in [6.07, 6.45) is 3.14. The second-order valence-corrected chi connectivity index (χ2v) is 7.70. The van der Waals surface area contributed by atoms with Gasteiger partial charge < -0.3 is 4.90 Å². The molecule has 3 heterocycles. The summed E-state index contributed by atoms with van der Waals surface area (Å²) < 4.78 is 1.78. The number of para-hydroxylation sites is 1. The van der Waals surface area contributed by atoms with Gasteiger partial charge in [-0.05, 0) is 49.8 Å². The zero-order valence-corrected chi connectivity index (χ0v) is 16.5. The molecular formula is C22H26N4O. The molecule has 0 N–H and O–H groups in total. The molecule has 1 aliphatic rings. The molecule has 1 aliphatic heterocycles. The van der Waals surface area contributed by atoms with Crippen LogP contribution in [-0.4, -0.2) is 27.2 Å². The Bertz CT molecular complexity index is 1020. The van der Waals surface area contributed by atoms with Gasteiger partial charge in [0.2, 0.25) is 0 Å². The topological polar surface area (TPSA) is 51.0 Å². The number of rotatable bonds is 2. The van der Waals surface area contributed by atoms with Gasteiger partial charge in [0.15, 0.2) is 5.65 Å². The van der Waals surface area contributed by atoms with Crippen LogP contribution >= 0.6 is 0 Å². The molecule has 0 saturated heterocycles. The summed E-state index contributed by atoms with van der Waals surface area (Å²) in [5, 5.41) is 5.39. The van der Waals surface area contributed by atoms with Gasteiger partial charge in [-0.15, -0.1) is 0 Å². The Kier molecular flexibility index (Phi) is 4.46. The minimum atomic E-state index is 0.0507. The van der Waals surface area contributed by atoms with Gasteiger partial charge in [-0.2, -0.15) is 5.10 Å². The highest BCUT2D eigenvalue weighted by Gasteiger charge is 2.26. The Labute approximate surface area is 160 Å². The molecule has 0 unspecified atom stereocenters. The van der Waals surface area contributed by atoms with Crippen molar-refractivity contribution in [3.63, 3.8) is 0 Å². The number of fused-ring (bicyclic) bond motifs is 2. The van der Waals surface area contributed by atoms with E-state index >= 15 is 0 Å². The lowest BCUT2D eigenvalue weighted by molar-refractivity contribution is 0.0988. The number of amides is 1. The van der Waals surface area contributed by atoms with Gasteiger partial charge in [-0.25, -0.2) is 4.98 Å². The zero-order valence-electron chi connectivity index (χ0n) is 16.5. The molecule has 27 heavy (non-hydrogen) atoms. The molecule has 0 spiro atoms. The fraction of sp³-hybridized carbons (Fsp3) is 0.409. The number of carbonyl (C=O) groups is 1. The quantitative estimate of drug-likeness (QED) is 0.680. The molecule has 0 bridgehead atoms. The van der Waals surface area contributed by atoms with E-state index in [4.69, 9.17) is 4.98 Å². The second-order valence-electron chi connectivity index (χ2n) is 7.70. The van der Waals surface area contributed by atoms with E-state index in [1.807, 2.05) is 31.0 Å². The van der Waals surface area contributed by atoms with Gasteiger partial charge in [-0.1, -0.05) is 32.0 Å². The molecule has 2 aromatic heterocycles. The van der Waals surface area contributed by atoms with E-state index in [0.29, 0.717) is 5.56 Å². The molecule has 0 atom stereocenters. The van der Waals surface area contributed by atoms with Crippen LogP contribution in [0.1, 0.15) is 59.9 Å². The molecule has 0 radical (unpaired) electrons. The molecule has 140 valence electrons. The number of pyridine rings is 1. The Balaban J connectivity index is 1.90. The fourth-order valence-corrected chi connectivity index (χ4v) is 3.98. The monoisotopic (exact) mass is 362 g/mol. The summed E-state index contributed by atoms with van der Waals surface area (Å²) >= 11 is 0. The van der Waals surface area contributed by atoms with Gasteiger partial charge in [0, 0.05) is 25.0 Å². The maximum atomic E-state index is 13.7. The summed E-state index contributed by atoms with van der Waals surface area (Å²) in [6, 6.07) is 10.2.